The fourth-order valence-corrected chi connectivity index (χ4v) is 4.60. The van der Waals surface area contributed by atoms with Gasteiger partial charge in [0.2, 0.25) is 11.9 Å². The molecule has 1 amide bonds. The molecule has 1 N–H and O–H groups in total. The Labute approximate surface area is 168 Å². The number of amides is 1. The van der Waals surface area contributed by atoms with Crippen molar-refractivity contribution in [3.05, 3.63) is 42.5 Å². The summed E-state index contributed by atoms with van der Waals surface area (Å²) in [4.78, 5) is 14.9. The summed E-state index contributed by atoms with van der Waals surface area (Å²) < 4.78 is 2.25. The number of thioether (sulfide) groups is 1. The molecule has 7 heteroatoms. The van der Waals surface area contributed by atoms with Gasteiger partial charge in [-0.2, -0.15) is 0 Å². The molecule has 1 saturated carbocycles. The monoisotopic (exact) mass is 393 g/mol. The van der Waals surface area contributed by atoms with E-state index in [1.807, 2.05) is 30.3 Å². The molecule has 5 rings (SSSR count). The maximum Gasteiger partial charge on any atom is 0.234 e. The summed E-state index contributed by atoms with van der Waals surface area (Å²) in [5, 5.41) is 14.9. The number of hydrogen-bond donors (Lipinski definition) is 1. The summed E-state index contributed by atoms with van der Waals surface area (Å²) >= 11 is 1.48. The standard InChI is InChI=1S/C21H23N5OS/c27-19(22-18-9-5-7-15-6-1-2-8-17(15)18)14-28-21-24-23-20(25-12-3-4-13-25)26(21)16-10-11-16/h1-2,5-9,16H,3-4,10-14H2,(H,22,27). The third-order valence-electron chi connectivity index (χ3n) is 5.34. The zero-order chi connectivity index (χ0) is 18.9. The highest BCUT2D eigenvalue weighted by atomic mass is 32.2. The van der Waals surface area contributed by atoms with Crippen LogP contribution in [0.15, 0.2) is 47.6 Å². The molecule has 28 heavy (non-hydrogen) atoms. The third kappa shape index (κ3) is 3.46. The van der Waals surface area contributed by atoms with Crippen molar-refractivity contribution in [2.45, 2.75) is 36.9 Å². The van der Waals surface area contributed by atoms with E-state index in [4.69, 9.17) is 0 Å². The Balaban J connectivity index is 1.29. The molecule has 6 nitrogen and oxygen atoms in total. The van der Waals surface area contributed by atoms with E-state index in [9.17, 15) is 4.79 Å². The van der Waals surface area contributed by atoms with Gasteiger partial charge in [0.25, 0.3) is 0 Å². The minimum absolute atomic E-state index is 0.0191. The number of nitrogens with one attached hydrogen (secondary N) is 1. The summed E-state index contributed by atoms with van der Waals surface area (Å²) in [5.41, 5.74) is 0.852. The molecule has 0 unspecified atom stereocenters. The van der Waals surface area contributed by atoms with Gasteiger partial charge in [0.15, 0.2) is 5.16 Å². The predicted molar refractivity (Wildman–Crippen MR) is 113 cm³/mol. The van der Waals surface area contributed by atoms with Crippen molar-refractivity contribution < 1.29 is 4.79 Å². The molecule has 0 atom stereocenters. The smallest absolute Gasteiger partial charge is 0.234 e. The third-order valence-corrected chi connectivity index (χ3v) is 6.29. The first-order chi connectivity index (χ1) is 13.8. The Hall–Kier alpha value is -2.54. The minimum atomic E-state index is -0.0191. The number of carbonyl (C=O) groups excluding carboxylic acids is 1. The van der Waals surface area contributed by atoms with Crippen molar-refractivity contribution >= 4 is 40.1 Å². The van der Waals surface area contributed by atoms with Crippen LogP contribution in [0.2, 0.25) is 0 Å². The topological polar surface area (TPSA) is 63.1 Å². The lowest BCUT2D eigenvalue weighted by atomic mass is 10.1. The molecule has 0 bridgehead atoms. The van der Waals surface area contributed by atoms with Crippen molar-refractivity contribution in [3.63, 3.8) is 0 Å². The van der Waals surface area contributed by atoms with Gasteiger partial charge in [-0.25, -0.2) is 0 Å². The van der Waals surface area contributed by atoms with E-state index >= 15 is 0 Å². The highest BCUT2D eigenvalue weighted by Gasteiger charge is 2.32. The molecule has 1 aromatic heterocycles. The van der Waals surface area contributed by atoms with Crippen molar-refractivity contribution in [1.82, 2.24) is 14.8 Å². The summed E-state index contributed by atoms with van der Waals surface area (Å²) in [6.45, 7) is 2.11. The highest BCUT2D eigenvalue weighted by molar-refractivity contribution is 7.99. The molecule has 144 valence electrons. The van der Waals surface area contributed by atoms with Crippen LogP contribution < -0.4 is 10.2 Å². The van der Waals surface area contributed by atoms with E-state index in [-0.39, 0.29) is 5.91 Å². The fraction of sp³-hybridized carbons (Fsp3) is 0.381. The normalized spacial score (nSPS) is 16.6. The van der Waals surface area contributed by atoms with E-state index in [0.717, 1.165) is 40.7 Å². The molecule has 2 aliphatic rings. The van der Waals surface area contributed by atoms with Gasteiger partial charge < -0.3 is 10.2 Å². The van der Waals surface area contributed by atoms with Crippen LogP contribution in [-0.2, 0) is 4.79 Å². The van der Waals surface area contributed by atoms with Gasteiger partial charge in [0.05, 0.1) is 5.75 Å². The largest absolute Gasteiger partial charge is 0.341 e. The van der Waals surface area contributed by atoms with Crippen LogP contribution in [0.3, 0.4) is 0 Å². The van der Waals surface area contributed by atoms with Crippen LogP contribution in [0.5, 0.6) is 0 Å². The van der Waals surface area contributed by atoms with Gasteiger partial charge in [-0.1, -0.05) is 48.2 Å². The first kappa shape index (κ1) is 17.6. The summed E-state index contributed by atoms with van der Waals surface area (Å²) in [6.07, 6.45) is 4.78. The molecule has 2 aromatic carbocycles. The van der Waals surface area contributed by atoms with Crippen molar-refractivity contribution in [2.75, 3.05) is 29.1 Å². The van der Waals surface area contributed by atoms with Crippen LogP contribution in [0, 0.1) is 0 Å². The minimum Gasteiger partial charge on any atom is -0.341 e. The molecule has 1 saturated heterocycles. The molecule has 1 aliphatic heterocycles. The summed E-state index contributed by atoms with van der Waals surface area (Å²) in [7, 11) is 0. The van der Waals surface area contributed by atoms with Gasteiger partial charge in [0.1, 0.15) is 0 Å². The number of nitrogens with zero attached hydrogens (tertiary/aromatic N) is 4. The average molecular weight is 394 g/mol. The summed E-state index contributed by atoms with van der Waals surface area (Å²) in [6, 6.07) is 14.5. The number of anilines is 2. The highest BCUT2D eigenvalue weighted by Crippen LogP contribution is 2.41. The Kier molecular flexibility index (Phi) is 4.68. The van der Waals surface area contributed by atoms with Gasteiger partial charge in [-0.3, -0.25) is 9.36 Å². The molecule has 0 spiro atoms. The van der Waals surface area contributed by atoms with E-state index in [1.165, 1.54) is 37.4 Å². The Morgan fingerprint density at radius 3 is 2.68 bits per heavy atom. The van der Waals surface area contributed by atoms with Crippen molar-refractivity contribution in [2.24, 2.45) is 0 Å². The zero-order valence-corrected chi connectivity index (χ0v) is 16.5. The lowest BCUT2D eigenvalue weighted by molar-refractivity contribution is -0.113. The van der Waals surface area contributed by atoms with E-state index < -0.39 is 0 Å². The molecule has 3 aromatic rings. The number of benzene rings is 2. The first-order valence-corrected chi connectivity index (χ1v) is 10.9. The number of aromatic nitrogens is 3. The van der Waals surface area contributed by atoms with Gasteiger partial charge in [-0.15, -0.1) is 10.2 Å². The molecule has 2 fully saturated rings. The Bertz CT molecular complexity index is 1000. The average Bonchev–Trinajstić information content (AvgIpc) is 3.24. The SMILES string of the molecule is O=C(CSc1nnc(N2CCCC2)n1C1CC1)Nc1cccc2ccccc12. The van der Waals surface area contributed by atoms with Crippen LogP contribution in [-0.4, -0.2) is 39.5 Å². The van der Waals surface area contributed by atoms with Gasteiger partial charge >= 0.3 is 0 Å². The zero-order valence-electron chi connectivity index (χ0n) is 15.7. The quantitative estimate of drug-likeness (QED) is 0.639. The number of hydrogen-bond acceptors (Lipinski definition) is 5. The Morgan fingerprint density at radius 1 is 1.07 bits per heavy atom. The molecule has 2 heterocycles. The van der Waals surface area contributed by atoms with Crippen LogP contribution in [0.4, 0.5) is 11.6 Å². The fourth-order valence-electron chi connectivity index (χ4n) is 3.80. The van der Waals surface area contributed by atoms with E-state index in [0.29, 0.717) is 11.8 Å². The molecule has 0 radical (unpaired) electrons. The molecular weight excluding hydrogens is 370 g/mol. The van der Waals surface area contributed by atoms with Crippen LogP contribution >= 0.6 is 11.8 Å². The molecule has 1 aliphatic carbocycles. The second-order valence-electron chi connectivity index (χ2n) is 7.44. The second-order valence-corrected chi connectivity index (χ2v) is 8.38. The maximum atomic E-state index is 12.6. The van der Waals surface area contributed by atoms with Gasteiger partial charge in [-0.05, 0) is 37.1 Å². The number of carbonyl (C=O) groups is 1. The predicted octanol–water partition coefficient (Wildman–Crippen LogP) is 4.10. The summed E-state index contributed by atoms with van der Waals surface area (Å²) in [5.74, 6) is 1.29. The lowest BCUT2D eigenvalue weighted by Crippen LogP contribution is -2.22. The van der Waals surface area contributed by atoms with Crippen LogP contribution in [0.1, 0.15) is 31.7 Å². The number of rotatable bonds is 6. The number of fused-ring (bicyclic) bond motifs is 1. The second kappa shape index (κ2) is 7.47. The molecular formula is C21H23N5OS. The maximum absolute atomic E-state index is 12.6. The van der Waals surface area contributed by atoms with Crippen molar-refractivity contribution in [1.29, 1.82) is 0 Å². The Morgan fingerprint density at radius 2 is 1.86 bits per heavy atom. The first-order valence-electron chi connectivity index (χ1n) is 9.90. The van der Waals surface area contributed by atoms with Crippen molar-refractivity contribution in [3.8, 4) is 0 Å². The van der Waals surface area contributed by atoms with Gasteiger partial charge in [0, 0.05) is 30.2 Å². The van der Waals surface area contributed by atoms with E-state index in [1.54, 1.807) is 0 Å². The lowest BCUT2D eigenvalue weighted by Gasteiger charge is -2.17. The van der Waals surface area contributed by atoms with E-state index in [2.05, 4.69) is 37.1 Å². The van der Waals surface area contributed by atoms with Crippen LogP contribution in [0.25, 0.3) is 10.8 Å².